The Labute approximate surface area is 110 Å². The molecule has 0 aromatic heterocycles. The zero-order chi connectivity index (χ0) is 13.0. The number of halogens is 2. The molecule has 1 N–H and O–H groups in total. The maximum atomic E-state index is 13.0. The van der Waals surface area contributed by atoms with E-state index in [2.05, 4.69) is 21.2 Å². The highest BCUT2D eigenvalue weighted by atomic mass is 79.9. The SMILES string of the molecule is CC(CS(C)=O)NC(=O)c1cc(F)ccc1Br. The Morgan fingerprint density at radius 1 is 1.59 bits per heavy atom. The molecule has 2 unspecified atom stereocenters. The Morgan fingerprint density at radius 2 is 2.24 bits per heavy atom. The van der Waals surface area contributed by atoms with E-state index >= 15 is 0 Å². The van der Waals surface area contributed by atoms with Gasteiger partial charge in [-0.15, -0.1) is 0 Å². The number of hydrogen-bond acceptors (Lipinski definition) is 2. The van der Waals surface area contributed by atoms with Crippen LogP contribution in [-0.2, 0) is 10.8 Å². The van der Waals surface area contributed by atoms with Crippen molar-refractivity contribution in [2.24, 2.45) is 0 Å². The normalized spacial score (nSPS) is 14.1. The van der Waals surface area contributed by atoms with Gasteiger partial charge in [-0.2, -0.15) is 0 Å². The minimum atomic E-state index is -0.979. The standard InChI is InChI=1S/C11H13BrFNO2S/c1-7(6-17(2)16)14-11(15)9-5-8(13)3-4-10(9)12/h3-5,7H,6H2,1-2H3,(H,14,15). The Bertz CT molecular complexity index is 453. The van der Waals surface area contributed by atoms with Crippen molar-refractivity contribution in [2.75, 3.05) is 12.0 Å². The van der Waals surface area contributed by atoms with Crippen molar-refractivity contribution < 1.29 is 13.4 Å². The quantitative estimate of drug-likeness (QED) is 0.923. The zero-order valence-corrected chi connectivity index (χ0v) is 11.9. The highest BCUT2D eigenvalue weighted by Gasteiger charge is 2.14. The predicted molar refractivity (Wildman–Crippen MR) is 70.0 cm³/mol. The van der Waals surface area contributed by atoms with Crippen LogP contribution < -0.4 is 5.32 Å². The van der Waals surface area contributed by atoms with Gasteiger partial charge in [0.15, 0.2) is 0 Å². The van der Waals surface area contributed by atoms with Gasteiger partial charge in [-0.3, -0.25) is 9.00 Å². The molecule has 1 aromatic rings. The van der Waals surface area contributed by atoms with Crippen LogP contribution in [0.25, 0.3) is 0 Å². The summed E-state index contributed by atoms with van der Waals surface area (Å²) < 4.78 is 24.5. The van der Waals surface area contributed by atoms with Crippen LogP contribution in [0.5, 0.6) is 0 Å². The van der Waals surface area contributed by atoms with Crippen molar-refractivity contribution >= 4 is 32.6 Å². The average molecular weight is 322 g/mol. The third kappa shape index (κ3) is 4.55. The monoisotopic (exact) mass is 321 g/mol. The van der Waals surface area contributed by atoms with E-state index in [0.29, 0.717) is 10.2 Å². The summed E-state index contributed by atoms with van der Waals surface area (Å²) in [6, 6.07) is 3.69. The minimum absolute atomic E-state index is 0.219. The Kier molecular flexibility index (Phi) is 5.27. The van der Waals surface area contributed by atoms with E-state index in [1.807, 2.05) is 0 Å². The molecule has 2 atom stereocenters. The van der Waals surface area contributed by atoms with Crippen molar-refractivity contribution in [2.45, 2.75) is 13.0 Å². The molecule has 1 aromatic carbocycles. The maximum Gasteiger partial charge on any atom is 0.252 e. The molecular formula is C11H13BrFNO2S. The summed E-state index contributed by atoms with van der Waals surface area (Å²) in [6.45, 7) is 1.76. The third-order valence-corrected chi connectivity index (χ3v) is 3.70. The smallest absolute Gasteiger partial charge is 0.252 e. The molecule has 0 radical (unpaired) electrons. The van der Waals surface area contributed by atoms with E-state index < -0.39 is 16.6 Å². The van der Waals surface area contributed by atoms with E-state index in [1.54, 1.807) is 13.2 Å². The lowest BCUT2D eigenvalue weighted by atomic mass is 10.2. The number of benzene rings is 1. The van der Waals surface area contributed by atoms with E-state index in [0.717, 1.165) is 6.07 Å². The topological polar surface area (TPSA) is 46.2 Å². The number of carbonyl (C=O) groups excluding carboxylic acids is 1. The number of hydrogen-bond donors (Lipinski definition) is 1. The molecule has 0 saturated heterocycles. The fraction of sp³-hybridized carbons (Fsp3) is 0.364. The molecule has 6 heteroatoms. The lowest BCUT2D eigenvalue weighted by molar-refractivity contribution is 0.0942. The Hall–Kier alpha value is -0.750. The molecule has 0 saturated carbocycles. The van der Waals surface area contributed by atoms with Gasteiger partial charge in [0, 0.05) is 33.3 Å². The van der Waals surface area contributed by atoms with Gasteiger partial charge in [-0.1, -0.05) is 0 Å². The van der Waals surface area contributed by atoms with Crippen LogP contribution in [0.2, 0.25) is 0 Å². The van der Waals surface area contributed by atoms with E-state index in [-0.39, 0.29) is 17.5 Å². The second-order valence-electron chi connectivity index (χ2n) is 3.74. The van der Waals surface area contributed by atoms with Crippen LogP contribution >= 0.6 is 15.9 Å². The Morgan fingerprint density at radius 3 is 2.82 bits per heavy atom. The molecule has 0 spiro atoms. The molecule has 1 amide bonds. The fourth-order valence-electron chi connectivity index (χ4n) is 1.37. The predicted octanol–water partition coefficient (Wildman–Crippen LogP) is 2.08. The van der Waals surface area contributed by atoms with Gasteiger partial charge in [0.05, 0.1) is 5.56 Å². The summed E-state index contributed by atoms with van der Waals surface area (Å²) in [5.41, 5.74) is 0.235. The molecule has 0 aliphatic heterocycles. The minimum Gasteiger partial charge on any atom is -0.349 e. The summed E-state index contributed by atoms with van der Waals surface area (Å²) in [5, 5.41) is 2.67. The summed E-state index contributed by atoms with van der Waals surface area (Å²) in [7, 11) is -0.979. The van der Waals surface area contributed by atoms with Gasteiger partial charge in [0.1, 0.15) is 5.82 Å². The van der Waals surface area contributed by atoms with Gasteiger partial charge in [-0.25, -0.2) is 4.39 Å². The summed E-state index contributed by atoms with van der Waals surface area (Å²) >= 11 is 3.18. The second-order valence-corrected chi connectivity index (χ2v) is 6.07. The van der Waals surface area contributed by atoms with Crippen LogP contribution in [0.15, 0.2) is 22.7 Å². The van der Waals surface area contributed by atoms with Crippen molar-refractivity contribution in [3.63, 3.8) is 0 Å². The second kappa shape index (κ2) is 6.26. The summed E-state index contributed by atoms with van der Waals surface area (Å²) in [6.07, 6.45) is 1.57. The van der Waals surface area contributed by atoms with E-state index in [1.165, 1.54) is 12.1 Å². The lowest BCUT2D eigenvalue weighted by Gasteiger charge is -2.13. The highest BCUT2D eigenvalue weighted by molar-refractivity contribution is 9.10. The fourth-order valence-corrected chi connectivity index (χ4v) is 2.58. The molecule has 0 fully saturated rings. The van der Waals surface area contributed by atoms with Crippen LogP contribution in [-0.4, -0.2) is 28.2 Å². The third-order valence-electron chi connectivity index (χ3n) is 2.04. The average Bonchev–Trinajstić information content (AvgIpc) is 2.20. The molecule has 17 heavy (non-hydrogen) atoms. The van der Waals surface area contributed by atoms with Gasteiger partial charge in [0.2, 0.25) is 0 Å². The van der Waals surface area contributed by atoms with E-state index in [9.17, 15) is 13.4 Å². The molecule has 3 nitrogen and oxygen atoms in total. The lowest BCUT2D eigenvalue weighted by Crippen LogP contribution is -2.36. The van der Waals surface area contributed by atoms with Crippen molar-refractivity contribution in [1.29, 1.82) is 0 Å². The first-order valence-electron chi connectivity index (χ1n) is 4.96. The number of nitrogens with one attached hydrogen (secondary N) is 1. The molecule has 0 aliphatic rings. The number of carbonyl (C=O) groups is 1. The maximum absolute atomic E-state index is 13.0. The molecule has 0 bridgehead atoms. The first-order valence-corrected chi connectivity index (χ1v) is 7.48. The van der Waals surface area contributed by atoms with Crippen molar-refractivity contribution in [3.05, 3.63) is 34.1 Å². The highest BCUT2D eigenvalue weighted by Crippen LogP contribution is 2.17. The zero-order valence-electron chi connectivity index (χ0n) is 9.50. The van der Waals surface area contributed by atoms with Crippen LogP contribution in [0.4, 0.5) is 4.39 Å². The summed E-state index contributed by atoms with van der Waals surface area (Å²) in [5.74, 6) is -0.474. The first kappa shape index (κ1) is 14.3. The largest absolute Gasteiger partial charge is 0.349 e. The number of rotatable bonds is 4. The Balaban J connectivity index is 2.76. The van der Waals surface area contributed by atoms with Gasteiger partial charge in [0.25, 0.3) is 5.91 Å². The van der Waals surface area contributed by atoms with Crippen molar-refractivity contribution in [3.8, 4) is 0 Å². The van der Waals surface area contributed by atoms with Gasteiger partial charge in [-0.05, 0) is 41.1 Å². The molecule has 1 rings (SSSR count). The van der Waals surface area contributed by atoms with Crippen LogP contribution in [0, 0.1) is 5.82 Å². The number of amides is 1. The van der Waals surface area contributed by atoms with Crippen LogP contribution in [0.3, 0.4) is 0 Å². The van der Waals surface area contributed by atoms with Gasteiger partial charge < -0.3 is 5.32 Å². The molecule has 94 valence electrons. The molecule has 0 aliphatic carbocycles. The van der Waals surface area contributed by atoms with E-state index in [4.69, 9.17) is 0 Å². The van der Waals surface area contributed by atoms with Crippen molar-refractivity contribution in [1.82, 2.24) is 5.32 Å². The van der Waals surface area contributed by atoms with Gasteiger partial charge >= 0.3 is 0 Å². The molecular weight excluding hydrogens is 309 g/mol. The first-order chi connectivity index (χ1) is 7.90. The summed E-state index contributed by atoms with van der Waals surface area (Å²) in [4.78, 5) is 11.8. The van der Waals surface area contributed by atoms with Crippen LogP contribution in [0.1, 0.15) is 17.3 Å². The molecule has 0 heterocycles.